The smallest absolute Gasteiger partial charge is 0.208 e. The van der Waals surface area contributed by atoms with Crippen molar-refractivity contribution in [2.45, 2.75) is 5.92 Å². The number of rotatable bonds is 8. The van der Waals surface area contributed by atoms with Gasteiger partial charge in [0.2, 0.25) is 16.9 Å². The van der Waals surface area contributed by atoms with E-state index in [1.54, 1.807) is 42.5 Å². The summed E-state index contributed by atoms with van der Waals surface area (Å²) in [5, 5.41) is 43.8. The highest BCUT2D eigenvalue weighted by atomic mass is 16.5. The summed E-state index contributed by atoms with van der Waals surface area (Å²) in [5.41, 5.74) is -0.432. The van der Waals surface area contributed by atoms with Gasteiger partial charge in [0.1, 0.15) is 27.9 Å². The van der Waals surface area contributed by atoms with Gasteiger partial charge in [-0.2, -0.15) is 0 Å². The van der Waals surface area contributed by atoms with Crippen LogP contribution in [0.1, 0.15) is 22.6 Å². The Hall–Kier alpha value is -5.45. The van der Waals surface area contributed by atoms with Gasteiger partial charge in [-0.05, 0) is 11.6 Å². The summed E-state index contributed by atoms with van der Waals surface area (Å²) in [6.07, 6.45) is 0. The lowest BCUT2D eigenvalue weighted by Gasteiger charge is -2.25. The van der Waals surface area contributed by atoms with E-state index in [2.05, 4.69) is 0 Å². The number of phenols is 4. The Morgan fingerprint density at radius 1 is 0.667 bits per heavy atom. The maximum absolute atomic E-state index is 13.9. The fourth-order valence-corrected chi connectivity index (χ4v) is 5.24. The lowest BCUT2D eigenvalue weighted by Crippen LogP contribution is -2.11. The first-order valence-electron chi connectivity index (χ1n) is 12.6. The van der Waals surface area contributed by atoms with Crippen LogP contribution in [0, 0.1) is 0 Å². The largest absolute Gasteiger partial charge is 0.507 e. The predicted octanol–water partition coefficient (Wildman–Crippen LogP) is 4.99. The van der Waals surface area contributed by atoms with Crippen molar-refractivity contribution in [1.29, 1.82) is 0 Å². The molecule has 42 heavy (non-hydrogen) atoms. The standard InChI is InChI=1S/C31H28O11/c1-37-17-13-19(39-3)18(38-2)11-15(17)21(14-9-7-6-8-10-14)23-26(34)24-25(33)22-20(12-16(32)29(40-4)27(22)35)42-30(24)31(41-5)28(23)36/h6-13,21,32,34-36H,1-5H3. The van der Waals surface area contributed by atoms with Crippen LogP contribution in [-0.4, -0.2) is 56.0 Å². The molecule has 218 valence electrons. The average Bonchev–Trinajstić information content (AvgIpc) is 2.99. The minimum absolute atomic E-state index is 0.104. The Kier molecular flexibility index (Phi) is 7.25. The van der Waals surface area contributed by atoms with Crippen LogP contribution in [-0.2, 0) is 0 Å². The molecule has 1 unspecified atom stereocenters. The zero-order chi connectivity index (χ0) is 30.3. The topological polar surface area (TPSA) is 157 Å². The normalized spacial score (nSPS) is 11.8. The van der Waals surface area contributed by atoms with Gasteiger partial charge < -0.3 is 48.5 Å². The maximum atomic E-state index is 13.9. The molecule has 0 amide bonds. The summed E-state index contributed by atoms with van der Waals surface area (Å²) in [4.78, 5) is 13.9. The van der Waals surface area contributed by atoms with E-state index in [1.165, 1.54) is 35.5 Å². The van der Waals surface area contributed by atoms with Crippen LogP contribution in [0.25, 0.3) is 21.9 Å². The monoisotopic (exact) mass is 576 g/mol. The molecule has 4 N–H and O–H groups in total. The second-order valence-corrected chi connectivity index (χ2v) is 9.22. The van der Waals surface area contributed by atoms with E-state index in [-0.39, 0.29) is 39.0 Å². The molecule has 1 heterocycles. The maximum Gasteiger partial charge on any atom is 0.208 e. The highest BCUT2D eigenvalue weighted by Gasteiger charge is 2.34. The highest BCUT2D eigenvalue weighted by Crippen LogP contribution is 2.54. The first-order chi connectivity index (χ1) is 20.2. The van der Waals surface area contributed by atoms with Gasteiger partial charge in [0.15, 0.2) is 34.3 Å². The van der Waals surface area contributed by atoms with Gasteiger partial charge in [-0.15, -0.1) is 0 Å². The van der Waals surface area contributed by atoms with Crippen molar-refractivity contribution in [1.82, 2.24) is 0 Å². The molecule has 4 aromatic carbocycles. The molecule has 5 aromatic rings. The fourth-order valence-electron chi connectivity index (χ4n) is 5.24. The number of methoxy groups -OCH3 is 5. The SMILES string of the molecule is COc1cc(OC)c(C(c2ccccc2)c2c(O)c(OC)c3oc4cc(O)c(OC)c(O)c4c(=O)c3c2O)cc1OC. The van der Waals surface area contributed by atoms with Crippen molar-refractivity contribution >= 4 is 21.9 Å². The lowest BCUT2D eigenvalue weighted by molar-refractivity contribution is 0.346. The molecule has 0 saturated heterocycles. The molecule has 1 atom stereocenters. The first-order valence-corrected chi connectivity index (χ1v) is 12.6. The van der Waals surface area contributed by atoms with Gasteiger partial charge in [-0.1, -0.05) is 30.3 Å². The van der Waals surface area contributed by atoms with E-state index in [4.69, 9.17) is 28.1 Å². The van der Waals surface area contributed by atoms with Crippen LogP contribution < -0.4 is 29.1 Å². The number of hydrogen-bond donors (Lipinski definition) is 4. The number of fused-ring (bicyclic) bond motifs is 2. The number of phenolic OH excluding ortho intramolecular Hbond substituents is 4. The molecule has 0 radical (unpaired) electrons. The van der Waals surface area contributed by atoms with E-state index >= 15 is 0 Å². The molecule has 5 rings (SSSR count). The Labute approximate surface area is 239 Å². The summed E-state index contributed by atoms with van der Waals surface area (Å²) in [7, 11) is 6.87. The van der Waals surface area contributed by atoms with Crippen molar-refractivity contribution in [3.05, 3.63) is 75.4 Å². The molecule has 11 heteroatoms. The third kappa shape index (κ3) is 4.17. The van der Waals surface area contributed by atoms with E-state index in [0.717, 1.165) is 6.07 Å². The Bertz CT molecular complexity index is 1880. The predicted molar refractivity (Wildman–Crippen MR) is 153 cm³/mol. The lowest BCUT2D eigenvalue weighted by atomic mass is 9.82. The second kappa shape index (κ2) is 10.8. The Morgan fingerprint density at radius 2 is 1.29 bits per heavy atom. The second-order valence-electron chi connectivity index (χ2n) is 9.22. The molecule has 0 aliphatic heterocycles. The molecular weight excluding hydrogens is 548 g/mol. The van der Waals surface area contributed by atoms with Crippen LogP contribution in [0.2, 0.25) is 0 Å². The van der Waals surface area contributed by atoms with Crippen LogP contribution in [0.3, 0.4) is 0 Å². The summed E-state index contributed by atoms with van der Waals surface area (Å²) >= 11 is 0. The number of benzene rings is 4. The van der Waals surface area contributed by atoms with Crippen molar-refractivity contribution in [2.24, 2.45) is 0 Å². The molecule has 1 aromatic heterocycles. The van der Waals surface area contributed by atoms with Crippen LogP contribution >= 0.6 is 0 Å². The van der Waals surface area contributed by atoms with Gasteiger partial charge in [0.25, 0.3) is 0 Å². The summed E-state index contributed by atoms with van der Waals surface area (Å²) < 4.78 is 33.0. The minimum atomic E-state index is -0.947. The molecule has 0 bridgehead atoms. The molecular formula is C31H28O11. The summed E-state index contributed by atoms with van der Waals surface area (Å²) in [6.45, 7) is 0. The van der Waals surface area contributed by atoms with Gasteiger partial charge in [-0.25, -0.2) is 0 Å². The molecule has 0 aliphatic carbocycles. The van der Waals surface area contributed by atoms with Crippen molar-refractivity contribution in [3.63, 3.8) is 0 Å². The summed E-state index contributed by atoms with van der Waals surface area (Å²) in [5.74, 6) is -2.80. The van der Waals surface area contributed by atoms with E-state index in [0.29, 0.717) is 28.4 Å². The number of aromatic hydroxyl groups is 4. The van der Waals surface area contributed by atoms with Gasteiger partial charge in [0.05, 0.1) is 41.1 Å². The quantitative estimate of drug-likeness (QED) is 0.146. The van der Waals surface area contributed by atoms with Gasteiger partial charge in [0, 0.05) is 23.6 Å². The highest BCUT2D eigenvalue weighted by molar-refractivity contribution is 6.02. The molecule has 0 fully saturated rings. The van der Waals surface area contributed by atoms with Crippen LogP contribution in [0.5, 0.6) is 51.7 Å². The van der Waals surface area contributed by atoms with Crippen LogP contribution in [0.15, 0.2) is 57.7 Å². The number of hydrogen-bond acceptors (Lipinski definition) is 11. The third-order valence-electron chi connectivity index (χ3n) is 7.14. The zero-order valence-electron chi connectivity index (χ0n) is 23.3. The third-order valence-corrected chi connectivity index (χ3v) is 7.14. The van der Waals surface area contributed by atoms with Gasteiger partial charge >= 0.3 is 0 Å². The molecule has 0 aliphatic rings. The summed E-state index contributed by atoms with van der Waals surface area (Å²) in [6, 6.07) is 13.2. The van der Waals surface area contributed by atoms with Crippen LogP contribution in [0.4, 0.5) is 0 Å². The Morgan fingerprint density at radius 3 is 1.88 bits per heavy atom. The Balaban J connectivity index is 1.97. The first kappa shape index (κ1) is 28.1. The minimum Gasteiger partial charge on any atom is -0.507 e. The molecule has 11 nitrogen and oxygen atoms in total. The molecule has 0 spiro atoms. The zero-order valence-corrected chi connectivity index (χ0v) is 23.3. The van der Waals surface area contributed by atoms with Crippen molar-refractivity contribution < 1.29 is 48.5 Å². The van der Waals surface area contributed by atoms with Crippen molar-refractivity contribution in [3.8, 4) is 51.7 Å². The van der Waals surface area contributed by atoms with E-state index < -0.39 is 34.3 Å². The number of ether oxygens (including phenoxy) is 5. The van der Waals surface area contributed by atoms with Gasteiger partial charge in [-0.3, -0.25) is 4.79 Å². The van der Waals surface area contributed by atoms with Crippen molar-refractivity contribution in [2.75, 3.05) is 35.5 Å². The van der Waals surface area contributed by atoms with E-state index in [1.807, 2.05) is 0 Å². The van der Waals surface area contributed by atoms with E-state index in [9.17, 15) is 25.2 Å². The fraction of sp³-hybridized carbons (Fsp3) is 0.194. The average molecular weight is 577 g/mol. The molecule has 0 saturated carbocycles.